The molecule has 0 bridgehead atoms. The van der Waals surface area contributed by atoms with Crippen LogP contribution in [0.1, 0.15) is 30.9 Å². The summed E-state index contributed by atoms with van der Waals surface area (Å²) in [7, 11) is 1.40. The van der Waals surface area contributed by atoms with Crippen molar-refractivity contribution >= 4 is 5.97 Å². The number of carbonyl (C=O) groups is 1. The maximum Gasteiger partial charge on any atom is 0.309 e. The van der Waals surface area contributed by atoms with Crippen molar-refractivity contribution in [3.05, 3.63) is 35.4 Å². The van der Waals surface area contributed by atoms with E-state index in [4.69, 9.17) is 4.74 Å². The molecule has 0 aliphatic heterocycles. The molecule has 0 aromatic heterocycles. The van der Waals surface area contributed by atoms with E-state index in [0.717, 1.165) is 6.42 Å². The molecule has 0 fully saturated rings. The summed E-state index contributed by atoms with van der Waals surface area (Å²) in [6.07, 6.45) is 2.65. The van der Waals surface area contributed by atoms with Crippen LogP contribution in [0.15, 0.2) is 24.3 Å². The maximum absolute atomic E-state index is 11.8. The zero-order chi connectivity index (χ0) is 13.2. The zero-order valence-electron chi connectivity index (χ0n) is 11.0. The van der Waals surface area contributed by atoms with Crippen LogP contribution in [0.5, 0.6) is 0 Å². The highest BCUT2D eigenvalue weighted by Crippen LogP contribution is 2.30. The van der Waals surface area contributed by atoms with Crippen molar-refractivity contribution in [2.24, 2.45) is 5.92 Å². The highest BCUT2D eigenvalue weighted by molar-refractivity contribution is 5.73. The van der Waals surface area contributed by atoms with Crippen LogP contribution in [0, 0.1) is 5.92 Å². The Labute approximate surface area is 108 Å². The molecule has 3 heteroatoms. The van der Waals surface area contributed by atoms with Crippen LogP contribution >= 0.6 is 0 Å². The standard InChI is InChI=1S/C15H20O3/c1-15(17)8-7-11-5-3-4-6-12(11)9-13(10-15)14(16)18-2/h3-6,13,17H,7-10H2,1-2H3/t13-,15-/m0/s1. The fourth-order valence-electron chi connectivity index (χ4n) is 2.71. The highest BCUT2D eigenvalue weighted by atomic mass is 16.5. The third-order valence-electron chi connectivity index (χ3n) is 3.74. The smallest absolute Gasteiger partial charge is 0.309 e. The molecule has 1 aromatic carbocycles. The third-order valence-corrected chi connectivity index (χ3v) is 3.74. The number of fused-ring (bicyclic) bond motifs is 1. The van der Waals surface area contributed by atoms with E-state index in [1.54, 1.807) is 6.92 Å². The molecule has 1 aliphatic carbocycles. The first-order valence-corrected chi connectivity index (χ1v) is 6.39. The van der Waals surface area contributed by atoms with Crippen molar-refractivity contribution < 1.29 is 14.6 Å². The van der Waals surface area contributed by atoms with E-state index in [-0.39, 0.29) is 11.9 Å². The minimum atomic E-state index is -0.799. The van der Waals surface area contributed by atoms with E-state index in [9.17, 15) is 9.90 Å². The van der Waals surface area contributed by atoms with Gasteiger partial charge >= 0.3 is 5.97 Å². The number of benzene rings is 1. The van der Waals surface area contributed by atoms with Crippen LogP contribution in [0.3, 0.4) is 0 Å². The summed E-state index contributed by atoms with van der Waals surface area (Å²) in [5.41, 5.74) is 1.63. The van der Waals surface area contributed by atoms with Gasteiger partial charge in [0.15, 0.2) is 0 Å². The van der Waals surface area contributed by atoms with Crippen LogP contribution in [0.2, 0.25) is 0 Å². The lowest BCUT2D eigenvalue weighted by Gasteiger charge is -2.30. The number of rotatable bonds is 1. The minimum absolute atomic E-state index is 0.230. The van der Waals surface area contributed by atoms with Gasteiger partial charge < -0.3 is 9.84 Å². The van der Waals surface area contributed by atoms with E-state index in [1.807, 2.05) is 12.1 Å². The molecule has 1 N–H and O–H groups in total. The average Bonchev–Trinajstić information content (AvgIpc) is 2.34. The van der Waals surface area contributed by atoms with Crippen LogP contribution in [0.25, 0.3) is 0 Å². The molecule has 0 spiro atoms. The number of hydrogen-bond donors (Lipinski definition) is 1. The monoisotopic (exact) mass is 248 g/mol. The van der Waals surface area contributed by atoms with Gasteiger partial charge in [-0.05, 0) is 43.7 Å². The Kier molecular flexibility index (Phi) is 3.71. The quantitative estimate of drug-likeness (QED) is 0.774. The van der Waals surface area contributed by atoms with Gasteiger partial charge in [0.25, 0.3) is 0 Å². The predicted molar refractivity (Wildman–Crippen MR) is 69.2 cm³/mol. The fourth-order valence-corrected chi connectivity index (χ4v) is 2.71. The first-order chi connectivity index (χ1) is 8.52. The molecule has 98 valence electrons. The van der Waals surface area contributed by atoms with Crippen molar-refractivity contribution in [1.82, 2.24) is 0 Å². The Balaban J connectivity index is 2.31. The number of ether oxygens (including phenoxy) is 1. The normalized spacial score (nSPS) is 27.8. The van der Waals surface area contributed by atoms with Crippen LogP contribution in [-0.4, -0.2) is 23.8 Å². The van der Waals surface area contributed by atoms with Crippen LogP contribution in [-0.2, 0) is 22.4 Å². The molecule has 0 amide bonds. The van der Waals surface area contributed by atoms with E-state index in [1.165, 1.54) is 18.2 Å². The third kappa shape index (κ3) is 2.91. The largest absolute Gasteiger partial charge is 0.469 e. The maximum atomic E-state index is 11.8. The Morgan fingerprint density at radius 2 is 2.06 bits per heavy atom. The topological polar surface area (TPSA) is 46.5 Å². The summed E-state index contributed by atoms with van der Waals surface area (Å²) >= 11 is 0. The second-order valence-electron chi connectivity index (χ2n) is 5.39. The van der Waals surface area contributed by atoms with Crippen molar-refractivity contribution in [2.75, 3.05) is 7.11 Å². The second kappa shape index (κ2) is 5.11. The van der Waals surface area contributed by atoms with Gasteiger partial charge in [-0.2, -0.15) is 0 Å². The fraction of sp³-hybridized carbons (Fsp3) is 0.533. The highest BCUT2D eigenvalue weighted by Gasteiger charge is 2.32. The average molecular weight is 248 g/mol. The summed E-state index contributed by atoms with van der Waals surface area (Å²) in [5.74, 6) is -0.488. The van der Waals surface area contributed by atoms with Crippen LogP contribution < -0.4 is 0 Å². The molecule has 3 nitrogen and oxygen atoms in total. The van der Waals surface area contributed by atoms with Crippen LogP contribution in [0.4, 0.5) is 0 Å². The lowest BCUT2D eigenvalue weighted by atomic mass is 9.79. The molecule has 1 aliphatic rings. The number of aliphatic hydroxyl groups is 1. The summed E-state index contributed by atoms with van der Waals surface area (Å²) in [5, 5.41) is 10.3. The van der Waals surface area contributed by atoms with Gasteiger partial charge in [-0.3, -0.25) is 4.79 Å². The van der Waals surface area contributed by atoms with Gasteiger partial charge in [-0.1, -0.05) is 24.3 Å². The molecule has 2 rings (SSSR count). The number of esters is 1. The van der Waals surface area contributed by atoms with Gasteiger partial charge in [0, 0.05) is 0 Å². The molecule has 0 heterocycles. The van der Waals surface area contributed by atoms with Gasteiger partial charge in [0.05, 0.1) is 18.6 Å². The van der Waals surface area contributed by atoms with E-state index < -0.39 is 5.60 Å². The zero-order valence-corrected chi connectivity index (χ0v) is 11.0. The van der Waals surface area contributed by atoms with Gasteiger partial charge in [-0.25, -0.2) is 0 Å². The summed E-state index contributed by atoms with van der Waals surface area (Å²) in [4.78, 5) is 11.8. The Hall–Kier alpha value is -1.35. The number of aryl methyl sites for hydroxylation is 1. The molecule has 0 radical (unpaired) electrons. The molecule has 2 atom stereocenters. The Morgan fingerprint density at radius 1 is 1.39 bits per heavy atom. The van der Waals surface area contributed by atoms with Gasteiger partial charge in [0.2, 0.25) is 0 Å². The van der Waals surface area contributed by atoms with E-state index in [2.05, 4.69) is 12.1 Å². The minimum Gasteiger partial charge on any atom is -0.469 e. The summed E-state index contributed by atoms with van der Waals surface area (Å²) in [6.45, 7) is 1.80. The summed E-state index contributed by atoms with van der Waals surface area (Å²) in [6, 6.07) is 8.13. The molecule has 1 aromatic rings. The first-order valence-electron chi connectivity index (χ1n) is 6.39. The first kappa shape index (κ1) is 13.1. The molecule has 18 heavy (non-hydrogen) atoms. The van der Waals surface area contributed by atoms with Crippen molar-refractivity contribution in [3.8, 4) is 0 Å². The van der Waals surface area contributed by atoms with Crippen molar-refractivity contribution in [2.45, 2.75) is 38.2 Å². The Morgan fingerprint density at radius 3 is 2.72 bits per heavy atom. The molecular weight excluding hydrogens is 228 g/mol. The predicted octanol–water partition coefficient (Wildman–Crippen LogP) is 2.11. The lowest BCUT2D eigenvalue weighted by Crippen LogP contribution is -2.34. The molecule has 0 saturated carbocycles. The SMILES string of the molecule is COC(=O)[C@H]1Cc2ccccc2CC[C@](C)(O)C1. The van der Waals surface area contributed by atoms with Gasteiger partial charge in [0.1, 0.15) is 0 Å². The molecule has 0 unspecified atom stereocenters. The lowest BCUT2D eigenvalue weighted by molar-refractivity contribution is -0.148. The molecular formula is C15H20O3. The van der Waals surface area contributed by atoms with Crippen molar-refractivity contribution in [1.29, 1.82) is 0 Å². The number of methoxy groups -OCH3 is 1. The Bertz CT molecular complexity index is 437. The molecule has 0 saturated heterocycles. The van der Waals surface area contributed by atoms with E-state index >= 15 is 0 Å². The second-order valence-corrected chi connectivity index (χ2v) is 5.39. The van der Waals surface area contributed by atoms with Crippen molar-refractivity contribution in [3.63, 3.8) is 0 Å². The number of hydrogen-bond acceptors (Lipinski definition) is 3. The van der Waals surface area contributed by atoms with E-state index in [0.29, 0.717) is 19.3 Å². The summed E-state index contributed by atoms with van der Waals surface area (Å²) < 4.78 is 4.84. The van der Waals surface area contributed by atoms with Gasteiger partial charge in [-0.15, -0.1) is 0 Å². The number of carbonyl (C=O) groups excluding carboxylic acids is 1.